The van der Waals surface area contributed by atoms with Crippen LogP contribution in [0.2, 0.25) is 0 Å². The molecule has 29 heavy (non-hydrogen) atoms. The van der Waals surface area contributed by atoms with Gasteiger partial charge in [0.1, 0.15) is 11.6 Å². The Morgan fingerprint density at radius 3 is 2.59 bits per heavy atom. The van der Waals surface area contributed by atoms with E-state index in [9.17, 15) is 4.39 Å². The van der Waals surface area contributed by atoms with E-state index >= 15 is 0 Å². The number of halogens is 1. The summed E-state index contributed by atoms with van der Waals surface area (Å²) in [6.45, 7) is 0. The van der Waals surface area contributed by atoms with E-state index < -0.39 is 0 Å². The van der Waals surface area contributed by atoms with E-state index in [1.165, 1.54) is 6.07 Å². The molecule has 2 N–H and O–H groups in total. The first kappa shape index (κ1) is 17.1. The van der Waals surface area contributed by atoms with E-state index in [2.05, 4.69) is 25.5 Å². The molecule has 0 radical (unpaired) electrons. The Morgan fingerprint density at radius 1 is 0.828 bits per heavy atom. The molecule has 6 heteroatoms. The van der Waals surface area contributed by atoms with Crippen LogP contribution in [0.25, 0.3) is 33.7 Å². The lowest BCUT2D eigenvalue weighted by Crippen LogP contribution is -1.95. The van der Waals surface area contributed by atoms with Crippen LogP contribution in [0.3, 0.4) is 0 Å². The van der Waals surface area contributed by atoms with Crippen molar-refractivity contribution in [3.8, 4) is 22.6 Å². The Morgan fingerprint density at radius 2 is 1.76 bits per heavy atom. The van der Waals surface area contributed by atoms with Gasteiger partial charge in [0.25, 0.3) is 0 Å². The molecule has 0 aliphatic heterocycles. The number of aromatic amines is 1. The fraction of sp³-hybridized carbons (Fsp3) is 0. The molecule has 5 nitrogen and oxygen atoms in total. The average Bonchev–Trinajstić information content (AvgIpc) is 3.20. The maximum absolute atomic E-state index is 14.7. The molecular formula is C23H16FN5. The number of H-pyrrole nitrogens is 1. The molecule has 0 bridgehead atoms. The van der Waals surface area contributed by atoms with Gasteiger partial charge in [0, 0.05) is 23.0 Å². The highest BCUT2D eigenvalue weighted by atomic mass is 19.1. The monoisotopic (exact) mass is 381 g/mol. The van der Waals surface area contributed by atoms with Crippen molar-refractivity contribution >= 4 is 22.4 Å². The summed E-state index contributed by atoms with van der Waals surface area (Å²) < 4.78 is 14.7. The minimum absolute atomic E-state index is 0.359. The zero-order valence-corrected chi connectivity index (χ0v) is 15.3. The van der Waals surface area contributed by atoms with Gasteiger partial charge in [0.15, 0.2) is 0 Å². The lowest BCUT2D eigenvalue weighted by atomic mass is 10.1. The predicted molar refractivity (Wildman–Crippen MR) is 112 cm³/mol. The van der Waals surface area contributed by atoms with Gasteiger partial charge in [-0.3, -0.25) is 0 Å². The molecule has 0 spiro atoms. The molecule has 5 aromatic rings. The second kappa shape index (κ2) is 7.16. The van der Waals surface area contributed by atoms with E-state index in [1.54, 1.807) is 24.4 Å². The van der Waals surface area contributed by atoms with Crippen molar-refractivity contribution in [2.75, 3.05) is 5.32 Å². The summed E-state index contributed by atoms with van der Waals surface area (Å²) in [6, 6.07) is 24.1. The first-order valence-corrected chi connectivity index (χ1v) is 9.16. The number of hydrogen-bond acceptors (Lipinski definition) is 4. The highest BCUT2D eigenvalue weighted by Gasteiger charge is 2.09. The molecule has 3 aromatic carbocycles. The third-order valence-corrected chi connectivity index (χ3v) is 4.64. The zero-order valence-electron chi connectivity index (χ0n) is 15.3. The van der Waals surface area contributed by atoms with Crippen LogP contribution in [-0.2, 0) is 0 Å². The summed E-state index contributed by atoms with van der Waals surface area (Å²) in [5.41, 5.74) is 5.27. The van der Waals surface area contributed by atoms with Gasteiger partial charge in [-0.25, -0.2) is 9.37 Å². The lowest BCUT2D eigenvalue weighted by Gasteiger charge is -2.10. The summed E-state index contributed by atoms with van der Waals surface area (Å²) in [5, 5.41) is 11.0. The number of fused-ring (bicyclic) bond motifs is 1. The van der Waals surface area contributed by atoms with Crippen LogP contribution >= 0.6 is 0 Å². The Kier molecular flexibility index (Phi) is 4.22. The van der Waals surface area contributed by atoms with Gasteiger partial charge in [0.05, 0.1) is 22.4 Å². The molecule has 5 rings (SSSR count). The quantitative estimate of drug-likeness (QED) is 0.427. The third-order valence-electron chi connectivity index (χ3n) is 4.64. The average molecular weight is 381 g/mol. The van der Waals surface area contributed by atoms with Crippen LogP contribution in [0.4, 0.5) is 15.8 Å². The first-order valence-electron chi connectivity index (χ1n) is 9.16. The van der Waals surface area contributed by atoms with Crippen molar-refractivity contribution in [1.82, 2.24) is 20.2 Å². The fourth-order valence-electron chi connectivity index (χ4n) is 3.22. The summed E-state index contributed by atoms with van der Waals surface area (Å²) >= 11 is 0. The van der Waals surface area contributed by atoms with Crippen molar-refractivity contribution in [2.45, 2.75) is 0 Å². The molecule has 2 heterocycles. The van der Waals surface area contributed by atoms with E-state index in [-0.39, 0.29) is 5.82 Å². The van der Waals surface area contributed by atoms with E-state index in [0.717, 1.165) is 28.1 Å². The van der Waals surface area contributed by atoms with Crippen molar-refractivity contribution < 1.29 is 4.39 Å². The number of rotatable bonds is 4. The van der Waals surface area contributed by atoms with Crippen molar-refractivity contribution in [3.63, 3.8) is 0 Å². The number of aromatic nitrogens is 4. The molecule has 0 fully saturated rings. The third kappa shape index (κ3) is 3.43. The van der Waals surface area contributed by atoms with Gasteiger partial charge in [-0.1, -0.05) is 30.3 Å². The van der Waals surface area contributed by atoms with Crippen LogP contribution in [0.1, 0.15) is 0 Å². The van der Waals surface area contributed by atoms with E-state index in [1.807, 2.05) is 54.6 Å². The van der Waals surface area contributed by atoms with Gasteiger partial charge < -0.3 is 10.3 Å². The van der Waals surface area contributed by atoms with Crippen molar-refractivity contribution in [3.05, 3.63) is 90.9 Å². The van der Waals surface area contributed by atoms with Gasteiger partial charge in [-0.05, 0) is 48.5 Å². The molecule has 0 aliphatic rings. The second-order valence-corrected chi connectivity index (χ2v) is 6.61. The number of anilines is 2. The molecule has 0 saturated heterocycles. The standard InChI is InChI=1S/C23H16FN5/c24-18-14-15(19-9-4-12-25-29-19)10-11-20(18)26-17-6-3-5-16(13-17)23-27-21-7-1-2-8-22(21)28-23/h1-14,26H,(H,27,28). The number of nitrogens with zero attached hydrogens (tertiary/aromatic N) is 3. The smallest absolute Gasteiger partial charge is 0.147 e. The normalized spacial score (nSPS) is 10.9. The van der Waals surface area contributed by atoms with Gasteiger partial charge in [-0.15, -0.1) is 0 Å². The SMILES string of the molecule is Fc1cc(-c2cccnn2)ccc1Nc1cccc(-c2nc3ccccc3[nH]2)c1. The number of benzene rings is 3. The zero-order chi connectivity index (χ0) is 19.6. The maximum atomic E-state index is 14.7. The minimum Gasteiger partial charge on any atom is -0.353 e. The Bertz CT molecular complexity index is 1260. The molecule has 0 unspecified atom stereocenters. The fourth-order valence-corrected chi connectivity index (χ4v) is 3.22. The number of hydrogen-bond donors (Lipinski definition) is 2. The highest BCUT2D eigenvalue weighted by Crippen LogP contribution is 2.28. The minimum atomic E-state index is -0.359. The lowest BCUT2D eigenvalue weighted by molar-refractivity contribution is 0.632. The summed E-state index contributed by atoms with van der Waals surface area (Å²) in [7, 11) is 0. The Balaban J connectivity index is 1.43. The highest BCUT2D eigenvalue weighted by molar-refractivity contribution is 5.80. The summed E-state index contributed by atoms with van der Waals surface area (Å²) in [5.74, 6) is 0.413. The second-order valence-electron chi connectivity index (χ2n) is 6.61. The van der Waals surface area contributed by atoms with Crippen LogP contribution in [0.15, 0.2) is 85.1 Å². The number of para-hydroxylation sites is 2. The first-order chi connectivity index (χ1) is 14.3. The van der Waals surface area contributed by atoms with Crippen LogP contribution in [-0.4, -0.2) is 20.2 Å². The molecule has 0 aliphatic carbocycles. The van der Waals surface area contributed by atoms with Gasteiger partial charge in [-0.2, -0.15) is 10.2 Å². The van der Waals surface area contributed by atoms with Crippen molar-refractivity contribution in [1.29, 1.82) is 0 Å². The maximum Gasteiger partial charge on any atom is 0.147 e. The van der Waals surface area contributed by atoms with Crippen LogP contribution in [0, 0.1) is 5.82 Å². The summed E-state index contributed by atoms with van der Waals surface area (Å²) in [4.78, 5) is 7.94. The molecule has 2 aromatic heterocycles. The molecule has 0 saturated carbocycles. The van der Waals surface area contributed by atoms with Crippen molar-refractivity contribution in [2.24, 2.45) is 0 Å². The molecular weight excluding hydrogens is 365 g/mol. The van der Waals surface area contributed by atoms with Crippen LogP contribution < -0.4 is 5.32 Å². The number of nitrogens with one attached hydrogen (secondary N) is 2. The predicted octanol–water partition coefficient (Wildman–Crippen LogP) is 5.57. The Labute approximate surface area is 166 Å². The largest absolute Gasteiger partial charge is 0.353 e. The molecule has 0 atom stereocenters. The van der Waals surface area contributed by atoms with E-state index in [4.69, 9.17) is 0 Å². The molecule has 140 valence electrons. The molecule has 0 amide bonds. The summed E-state index contributed by atoms with van der Waals surface area (Å²) in [6.07, 6.45) is 1.59. The van der Waals surface area contributed by atoms with Gasteiger partial charge >= 0.3 is 0 Å². The van der Waals surface area contributed by atoms with E-state index in [0.29, 0.717) is 16.9 Å². The topological polar surface area (TPSA) is 66.5 Å². The van der Waals surface area contributed by atoms with Gasteiger partial charge in [0.2, 0.25) is 0 Å². The Hall–Kier alpha value is -4.06. The number of imidazole rings is 1. The van der Waals surface area contributed by atoms with Crippen LogP contribution in [0.5, 0.6) is 0 Å².